The van der Waals surface area contributed by atoms with Gasteiger partial charge >= 0.3 is 5.97 Å². The van der Waals surface area contributed by atoms with Gasteiger partial charge in [0.15, 0.2) is 0 Å². The molecule has 0 aliphatic carbocycles. The Morgan fingerprint density at radius 1 is 1.41 bits per heavy atom. The summed E-state index contributed by atoms with van der Waals surface area (Å²) in [6.07, 6.45) is 5.25. The number of nitrogens with zero attached hydrogens (tertiary/aromatic N) is 2. The molecule has 84 valence electrons. The number of hydrogen-bond acceptors (Lipinski definition) is 3. The molecule has 0 aliphatic heterocycles. The highest BCUT2D eigenvalue weighted by Crippen LogP contribution is 2.28. The smallest absolute Gasteiger partial charge is 0.352 e. The topological polar surface area (TPSA) is 55.1 Å². The van der Waals surface area contributed by atoms with Gasteiger partial charge in [-0.15, -0.1) is 11.3 Å². The van der Waals surface area contributed by atoms with Gasteiger partial charge in [0.25, 0.3) is 0 Å². The molecular weight excluding hydrogens is 236 g/mol. The first-order chi connectivity index (χ1) is 8.27. The summed E-state index contributed by atoms with van der Waals surface area (Å²) in [7, 11) is 0. The Labute approximate surface area is 101 Å². The Morgan fingerprint density at radius 2 is 2.29 bits per heavy atom. The molecule has 0 unspecified atom stereocenters. The molecule has 3 aromatic rings. The maximum absolute atomic E-state index is 11.1. The van der Waals surface area contributed by atoms with E-state index in [4.69, 9.17) is 5.11 Å². The molecule has 4 nitrogen and oxygen atoms in total. The molecule has 0 amide bonds. The lowest BCUT2D eigenvalue weighted by atomic mass is 10.3. The van der Waals surface area contributed by atoms with Crippen LogP contribution in [0.15, 0.2) is 42.2 Å². The predicted octanol–water partition coefficient (Wildman–Crippen LogP) is 2.79. The third-order valence-corrected chi connectivity index (χ3v) is 3.51. The fraction of sp³-hybridized carbons (Fsp3) is 0. The summed E-state index contributed by atoms with van der Waals surface area (Å²) < 4.78 is 2.73. The van der Waals surface area contributed by atoms with E-state index in [9.17, 15) is 4.79 Å². The van der Waals surface area contributed by atoms with Crippen molar-refractivity contribution in [3.05, 3.63) is 47.9 Å². The fourth-order valence-electron chi connectivity index (χ4n) is 1.82. The van der Waals surface area contributed by atoms with Gasteiger partial charge in [0, 0.05) is 29.4 Å². The predicted molar refractivity (Wildman–Crippen MR) is 65.9 cm³/mol. The number of carboxylic acid groups (broad SMARTS) is 1. The number of carboxylic acids is 1. The van der Waals surface area contributed by atoms with E-state index >= 15 is 0 Å². The maximum atomic E-state index is 11.1. The molecule has 3 rings (SSSR count). The number of hydrogen-bond donors (Lipinski definition) is 1. The number of fused-ring (bicyclic) bond motifs is 1. The Kier molecular flexibility index (Phi) is 2.19. The Balaban J connectivity index is 2.28. The summed E-state index contributed by atoms with van der Waals surface area (Å²) in [5.41, 5.74) is 1.15. The summed E-state index contributed by atoms with van der Waals surface area (Å²) in [5, 5.41) is 12.1. The molecule has 0 saturated heterocycles. The minimum Gasteiger partial charge on any atom is -0.477 e. The number of pyridine rings is 1. The highest BCUT2D eigenvalue weighted by molar-refractivity contribution is 7.17. The lowest BCUT2D eigenvalue weighted by Gasteiger charge is -2.04. The average molecular weight is 244 g/mol. The number of rotatable bonds is 2. The summed E-state index contributed by atoms with van der Waals surface area (Å²) in [6.45, 7) is 0. The molecule has 0 aliphatic rings. The van der Waals surface area contributed by atoms with Crippen LogP contribution < -0.4 is 0 Å². The van der Waals surface area contributed by atoms with Crippen molar-refractivity contribution in [1.82, 2.24) is 9.55 Å². The molecule has 1 N–H and O–H groups in total. The van der Waals surface area contributed by atoms with Crippen molar-refractivity contribution in [3.63, 3.8) is 0 Å². The van der Waals surface area contributed by atoms with E-state index < -0.39 is 5.97 Å². The number of aromatic carboxylic acids is 1. The van der Waals surface area contributed by atoms with Gasteiger partial charge in [-0.3, -0.25) is 4.98 Å². The van der Waals surface area contributed by atoms with Crippen LogP contribution >= 0.6 is 11.3 Å². The zero-order valence-electron chi connectivity index (χ0n) is 8.70. The maximum Gasteiger partial charge on any atom is 0.352 e. The summed E-state index contributed by atoms with van der Waals surface area (Å²) in [5.74, 6) is -0.927. The van der Waals surface area contributed by atoms with Crippen molar-refractivity contribution in [2.75, 3.05) is 0 Å². The lowest BCUT2D eigenvalue weighted by molar-refractivity contribution is 0.0688. The van der Waals surface area contributed by atoms with Crippen LogP contribution in [0.1, 0.15) is 10.5 Å². The van der Waals surface area contributed by atoms with Gasteiger partial charge < -0.3 is 9.67 Å². The molecule has 5 heteroatoms. The SMILES string of the molecule is O=C(O)c1cccn1-c1csc2cnccc12. The van der Waals surface area contributed by atoms with Crippen molar-refractivity contribution in [2.45, 2.75) is 0 Å². The normalized spacial score (nSPS) is 10.8. The highest BCUT2D eigenvalue weighted by atomic mass is 32.1. The van der Waals surface area contributed by atoms with E-state index in [0.717, 1.165) is 15.8 Å². The second-order valence-electron chi connectivity index (χ2n) is 3.56. The Morgan fingerprint density at radius 3 is 3.12 bits per heavy atom. The van der Waals surface area contributed by atoms with E-state index in [-0.39, 0.29) is 5.69 Å². The molecule has 0 fully saturated rings. The van der Waals surface area contributed by atoms with Crippen LogP contribution in [0.25, 0.3) is 15.8 Å². The standard InChI is InChI=1S/C12H8N2O2S/c15-12(16)9-2-1-5-14(9)10-7-17-11-6-13-4-3-8(10)11/h1-7H,(H,15,16). The van der Waals surface area contributed by atoms with Crippen LogP contribution in [0.5, 0.6) is 0 Å². The molecule has 0 aromatic carbocycles. The van der Waals surface area contributed by atoms with Crippen molar-refractivity contribution < 1.29 is 9.90 Å². The Bertz CT molecular complexity index is 699. The van der Waals surface area contributed by atoms with Crippen molar-refractivity contribution in [2.24, 2.45) is 0 Å². The summed E-state index contributed by atoms with van der Waals surface area (Å²) in [6, 6.07) is 5.22. The summed E-state index contributed by atoms with van der Waals surface area (Å²) in [4.78, 5) is 15.1. The molecule has 0 atom stereocenters. The lowest BCUT2D eigenvalue weighted by Crippen LogP contribution is -2.04. The van der Waals surface area contributed by atoms with Gasteiger partial charge in [-0.2, -0.15) is 0 Å². The van der Waals surface area contributed by atoms with E-state index in [1.165, 1.54) is 0 Å². The third kappa shape index (κ3) is 1.52. The quantitative estimate of drug-likeness (QED) is 0.754. The Hall–Kier alpha value is -2.14. The number of thiophene rings is 1. The number of carbonyl (C=O) groups is 1. The molecule has 3 aromatic heterocycles. The van der Waals surface area contributed by atoms with E-state index in [2.05, 4.69) is 4.98 Å². The van der Waals surface area contributed by atoms with Gasteiger partial charge in [0.1, 0.15) is 5.69 Å². The molecule has 17 heavy (non-hydrogen) atoms. The molecule has 0 bridgehead atoms. The zero-order valence-corrected chi connectivity index (χ0v) is 9.52. The van der Waals surface area contributed by atoms with Gasteiger partial charge in [-0.05, 0) is 18.2 Å². The van der Waals surface area contributed by atoms with Crippen molar-refractivity contribution >= 4 is 27.4 Å². The van der Waals surface area contributed by atoms with Gasteiger partial charge in [0.05, 0.1) is 10.4 Å². The molecule has 0 spiro atoms. The average Bonchev–Trinajstić information content (AvgIpc) is 2.94. The van der Waals surface area contributed by atoms with Crippen molar-refractivity contribution in [3.8, 4) is 5.69 Å². The first-order valence-corrected chi connectivity index (χ1v) is 5.87. The summed E-state index contributed by atoms with van der Waals surface area (Å²) >= 11 is 1.56. The monoisotopic (exact) mass is 244 g/mol. The minimum absolute atomic E-state index is 0.265. The van der Waals surface area contributed by atoms with E-state index in [0.29, 0.717) is 0 Å². The van der Waals surface area contributed by atoms with Gasteiger partial charge in [0.2, 0.25) is 0 Å². The zero-order chi connectivity index (χ0) is 11.8. The van der Waals surface area contributed by atoms with E-state index in [1.807, 2.05) is 11.4 Å². The minimum atomic E-state index is -0.927. The fourth-order valence-corrected chi connectivity index (χ4v) is 2.72. The van der Waals surface area contributed by atoms with Crippen molar-refractivity contribution in [1.29, 1.82) is 0 Å². The first kappa shape index (κ1) is 10.0. The second-order valence-corrected chi connectivity index (χ2v) is 4.47. The van der Waals surface area contributed by atoms with Crippen LogP contribution in [0.2, 0.25) is 0 Å². The molecule has 3 heterocycles. The molecule has 0 radical (unpaired) electrons. The van der Waals surface area contributed by atoms with Crippen LogP contribution in [-0.4, -0.2) is 20.6 Å². The van der Waals surface area contributed by atoms with Crippen LogP contribution in [0.3, 0.4) is 0 Å². The molecular formula is C12H8N2O2S. The molecule has 0 saturated carbocycles. The number of aromatic nitrogens is 2. The van der Waals surface area contributed by atoms with Gasteiger partial charge in [-0.25, -0.2) is 4.79 Å². The van der Waals surface area contributed by atoms with Gasteiger partial charge in [-0.1, -0.05) is 0 Å². The first-order valence-electron chi connectivity index (χ1n) is 4.99. The van der Waals surface area contributed by atoms with Crippen LogP contribution in [0, 0.1) is 0 Å². The second kappa shape index (κ2) is 3.71. The highest BCUT2D eigenvalue weighted by Gasteiger charge is 2.13. The third-order valence-electron chi connectivity index (χ3n) is 2.59. The van der Waals surface area contributed by atoms with E-state index in [1.54, 1.807) is 46.6 Å². The van der Waals surface area contributed by atoms with Crippen LogP contribution in [0.4, 0.5) is 0 Å². The van der Waals surface area contributed by atoms with Crippen LogP contribution in [-0.2, 0) is 0 Å². The largest absolute Gasteiger partial charge is 0.477 e.